The van der Waals surface area contributed by atoms with Gasteiger partial charge in [-0.1, -0.05) is 148 Å². The van der Waals surface area contributed by atoms with Crippen LogP contribution in [0.4, 0.5) is 0 Å². The Kier molecular flexibility index (Phi) is 30.8. The fraction of sp³-hybridized carbons (Fsp3) is 0.881. The van der Waals surface area contributed by atoms with E-state index >= 15 is 0 Å². The Bertz CT molecular complexity index is 942. The van der Waals surface area contributed by atoms with Crippen molar-refractivity contribution < 1.29 is 53.8 Å². The van der Waals surface area contributed by atoms with Crippen LogP contribution in [0.1, 0.15) is 187 Å². The molecule has 310 valence electrons. The molecule has 6 atom stereocenters. The fourth-order valence-electron chi connectivity index (χ4n) is 6.46. The van der Waals surface area contributed by atoms with E-state index in [4.69, 9.17) is 18.9 Å². The van der Waals surface area contributed by atoms with Crippen LogP contribution >= 0.6 is 0 Å². The van der Waals surface area contributed by atoms with E-state index in [1.165, 1.54) is 89.9 Å². The third kappa shape index (κ3) is 25.6. The van der Waals surface area contributed by atoms with E-state index < -0.39 is 54.7 Å². The highest BCUT2D eigenvalue weighted by molar-refractivity contribution is 5.73. The maximum Gasteiger partial charge on any atom is 0.335 e. The normalized spacial score (nSPS) is 20.8. The number of hydrogen-bond acceptors (Lipinski definition) is 10. The van der Waals surface area contributed by atoms with Gasteiger partial charge < -0.3 is 39.4 Å². The van der Waals surface area contributed by atoms with Crippen molar-refractivity contribution in [1.29, 1.82) is 0 Å². The molecule has 53 heavy (non-hydrogen) atoms. The molecule has 0 amide bonds. The van der Waals surface area contributed by atoms with Crippen LogP contribution in [0, 0.1) is 0 Å². The SMILES string of the molecule is CCCCCCC/C=C\CCCCCCCC(=O)OCC(COC1OC(C(=O)O)C(O)C(O)C1O)OC(=O)CCCCCCCCCCCCCCC. The minimum Gasteiger partial charge on any atom is -0.479 e. The van der Waals surface area contributed by atoms with Gasteiger partial charge in [-0.2, -0.15) is 0 Å². The number of aliphatic carboxylic acids is 1. The summed E-state index contributed by atoms with van der Waals surface area (Å²) in [7, 11) is 0. The van der Waals surface area contributed by atoms with Gasteiger partial charge in [-0.25, -0.2) is 4.79 Å². The summed E-state index contributed by atoms with van der Waals surface area (Å²) in [6, 6.07) is 0. The Hall–Kier alpha value is -2.05. The minimum atomic E-state index is -1.86. The van der Waals surface area contributed by atoms with Crippen LogP contribution in [0.2, 0.25) is 0 Å². The van der Waals surface area contributed by atoms with E-state index in [1.54, 1.807) is 0 Å². The maximum atomic E-state index is 12.7. The van der Waals surface area contributed by atoms with E-state index in [9.17, 15) is 34.8 Å². The molecule has 0 radical (unpaired) electrons. The highest BCUT2D eigenvalue weighted by Crippen LogP contribution is 2.23. The van der Waals surface area contributed by atoms with Crippen LogP contribution in [0.15, 0.2) is 12.2 Å². The van der Waals surface area contributed by atoms with E-state index in [1.807, 2.05) is 0 Å². The van der Waals surface area contributed by atoms with Gasteiger partial charge in [-0.15, -0.1) is 0 Å². The van der Waals surface area contributed by atoms with Crippen LogP contribution in [0.25, 0.3) is 0 Å². The second kappa shape index (κ2) is 33.3. The lowest BCUT2D eigenvalue weighted by Crippen LogP contribution is -2.60. The van der Waals surface area contributed by atoms with Gasteiger partial charge in [0, 0.05) is 12.8 Å². The molecule has 1 aliphatic heterocycles. The summed E-state index contributed by atoms with van der Waals surface area (Å²) in [5.41, 5.74) is 0. The van der Waals surface area contributed by atoms with E-state index in [0.717, 1.165) is 57.8 Å². The summed E-state index contributed by atoms with van der Waals surface area (Å²) in [4.78, 5) is 36.7. The first kappa shape index (κ1) is 49.0. The Labute approximate surface area is 320 Å². The number of rotatable bonds is 35. The van der Waals surface area contributed by atoms with Crippen molar-refractivity contribution >= 4 is 17.9 Å². The molecule has 11 nitrogen and oxygen atoms in total. The molecule has 11 heteroatoms. The summed E-state index contributed by atoms with van der Waals surface area (Å²) < 4.78 is 21.7. The number of allylic oxidation sites excluding steroid dienone is 2. The molecule has 4 N–H and O–H groups in total. The number of aliphatic hydroxyl groups excluding tert-OH is 3. The zero-order valence-electron chi connectivity index (χ0n) is 33.3. The number of carbonyl (C=O) groups excluding carboxylic acids is 2. The Morgan fingerprint density at radius 2 is 1.00 bits per heavy atom. The zero-order chi connectivity index (χ0) is 38.9. The first-order valence-electron chi connectivity index (χ1n) is 21.2. The zero-order valence-corrected chi connectivity index (χ0v) is 33.3. The summed E-state index contributed by atoms with van der Waals surface area (Å²) in [5, 5.41) is 39.7. The third-order valence-corrected chi connectivity index (χ3v) is 9.86. The molecule has 0 aromatic heterocycles. The molecule has 1 heterocycles. The van der Waals surface area contributed by atoms with Crippen molar-refractivity contribution in [2.45, 2.75) is 224 Å². The molecule has 6 unspecified atom stereocenters. The van der Waals surface area contributed by atoms with Gasteiger partial charge in [0.25, 0.3) is 0 Å². The van der Waals surface area contributed by atoms with Crippen molar-refractivity contribution in [2.75, 3.05) is 13.2 Å². The molecule has 1 rings (SSSR count). The van der Waals surface area contributed by atoms with E-state index in [0.29, 0.717) is 12.8 Å². The first-order chi connectivity index (χ1) is 25.7. The Morgan fingerprint density at radius 3 is 1.47 bits per heavy atom. The van der Waals surface area contributed by atoms with Crippen LogP contribution in [0.5, 0.6) is 0 Å². The molecule has 0 spiro atoms. The van der Waals surface area contributed by atoms with Crippen LogP contribution in [-0.2, 0) is 33.3 Å². The number of carboxylic acids is 1. The molecular formula is C42H76O11. The molecule has 0 aromatic rings. The van der Waals surface area contributed by atoms with E-state index in [-0.39, 0.29) is 26.1 Å². The number of unbranched alkanes of at least 4 members (excludes halogenated alkanes) is 22. The lowest BCUT2D eigenvalue weighted by Gasteiger charge is -2.38. The van der Waals surface area contributed by atoms with Gasteiger partial charge in [-0.05, 0) is 38.5 Å². The number of hydrogen-bond donors (Lipinski definition) is 4. The lowest BCUT2D eigenvalue weighted by atomic mass is 9.99. The predicted molar refractivity (Wildman–Crippen MR) is 206 cm³/mol. The largest absolute Gasteiger partial charge is 0.479 e. The van der Waals surface area contributed by atoms with Gasteiger partial charge >= 0.3 is 17.9 Å². The van der Waals surface area contributed by atoms with Crippen LogP contribution in [0.3, 0.4) is 0 Å². The smallest absolute Gasteiger partial charge is 0.335 e. The predicted octanol–water partition coefficient (Wildman–Crippen LogP) is 8.48. The molecule has 0 bridgehead atoms. The number of esters is 2. The van der Waals surface area contributed by atoms with Crippen molar-refractivity contribution in [3.05, 3.63) is 12.2 Å². The molecule has 1 aliphatic rings. The average molecular weight is 757 g/mol. The monoisotopic (exact) mass is 757 g/mol. The third-order valence-electron chi connectivity index (χ3n) is 9.86. The second-order valence-corrected chi connectivity index (χ2v) is 14.8. The molecule has 1 fully saturated rings. The van der Waals surface area contributed by atoms with Crippen molar-refractivity contribution in [2.24, 2.45) is 0 Å². The Balaban J connectivity index is 2.40. The number of carboxylic acid groups (broad SMARTS) is 1. The average Bonchev–Trinajstić information content (AvgIpc) is 3.14. The summed E-state index contributed by atoms with van der Waals surface area (Å²) >= 11 is 0. The molecule has 1 saturated heterocycles. The van der Waals surface area contributed by atoms with Crippen molar-refractivity contribution in [3.63, 3.8) is 0 Å². The molecule has 0 aliphatic carbocycles. The van der Waals surface area contributed by atoms with Gasteiger partial charge in [-0.3, -0.25) is 9.59 Å². The summed E-state index contributed by atoms with van der Waals surface area (Å²) in [6.45, 7) is 3.79. The quantitative estimate of drug-likeness (QED) is 0.0278. The highest BCUT2D eigenvalue weighted by atomic mass is 16.7. The van der Waals surface area contributed by atoms with E-state index in [2.05, 4.69) is 26.0 Å². The molecule has 0 saturated carbocycles. The van der Waals surface area contributed by atoms with Crippen LogP contribution < -0.4 is 0 Å². The minimum absolute atomic E-state index is 0.186. The number of ether oxygens (including phenoxy) is 4. The highest BCUT2D eigenvalue weighted by Gasteiger charge is 2.47. The fourth-order valence-corrected chi connectivity index (χ4v) is 6.46. The van der Waals surface area contributed by atoms with Crippen molar-refractivity contribution in [3.8, 4) is 0 Å². The van der Waals surface area contributed by atoms with Gasteiger partial charge in [0.2, 0.25) is 0 Å². The number of carbonyl (C=O) groups is 3. The standard InChI is InChI=1S/C42H76O11/c1-3-5-7-9-11-13-15-17-19-20-22-24-26-28-30-35(43)50-32-34(33-51-42-39(47)37(45)38(46)40(53-42)41(48)49)52-36(44)31-29-27-25-23-21-18-16-14-12-10-8-6-4-2/h15,17,34,37-40,42,45-47H,3-14,16,18-33H2,1-2H3,(H,48,49)/b17-15-. The van der Waals surface area contributed by atoms with Crippen molar-refractivity contribution in [1.82, 2.24) is 0 Å². The molecular weight excluding hydrogens is 680 g/mol. The topological polar surface area (TPSA) is 169 Å². The summed E-state index contributed by atoms with van der Waals surface area (Å²) in [6.07, 6.45) is 24.1. The maximum absolute atomic E-state index is 12.7. The first-order valence-corrected chi connectivity index (χ1v) is 21.2. The molecule has 0 aromatic carbocycles. The van der Waals surface area contributed by atoms with Gasteiger partial charge in [0.15, 0.2) is 18.5 Å². The lowest BCUT2D eigenvalue weighted by molar-refractivity contribution is -0.298. The number of aliphatic hydroxyl groups is 3. The Morgan fingerprint density at radius 1 is 0.566 bits per heavy atom. The van der Waals surface area contributed by atoms with Gasteiger partial charge in [0.1, 0.15) is 24.9 Å². The van der Waals surface area contributed by atoms with Crippen LogP contribution in [-0.4, -0.2) is 88.4 Å². The van der Waals surface area contributed by atoms with Gasteiger partial charge in [0.05, 0.1) is 6.61 Å². The second-order valence-electron chi connectivity index (χ2n) is 14.8. The summed E-state index contributed by atoms with van der Waals surface area (Å²) in [5.74, 6) is -2.45.